The Morgan fingerprint density at radius 2 is 1.71 bits per heavy atom. The summed E-state index contributed by atoms with van der Waals surface area (Å²) in [5, 5.41) is 4.39. The SMILES string of the molecule is Cc1ccc(-c2ccc(=O)n(CC(=O)N(C)C(C)Cc3ccccc3)n2)cc1. The Bertz CT molecular complexity index is 994. The van der Waals surface area contributed by atoms with Gasteiger partial charge < -0.3 is 4.90 Å². The molecular weight excluding hydrogens is 350 g/mol. The van der Waals surface area contributed by atoms with E-state index in [1.54, 1.807) is 18.0 Å². The molecule has 1 unspecified atom stereocenters. The average molecular weight is 375 g/mol. The normalized spacial score (nSPS) is 11.8. The van der Waals surface area contributed by atoms with Crippen LogP contribution in [0.25, 0.3) is 11.3 Å². The number of amides is 1. The van der Waals surface area contributed by atoms with Crippen LogP contribution in [-0.2, 0) is 17.8 Å². The highest BCUT2D eigenvalue weighted by atomic mass is 16.2. The molecule has 0 fully saturated rings. The average Bonchev–Trinajstić information content (AvgIpc) is 2.70. The van der Waals surface area contributed by atoms with Crippen LogP contribution in [0.5, 0.6) is 0 Å². The summed E-state index contributed by atoms with van der Waals surface area (Å²) in [7, 11) is 1.77. The fourth-order valence-electron chi connectivity index (χ4n) is 3.02. The molecular formula is C23H25N3O2. The Hall–Kier alpha value is -3.21. The number of rotatable bonds is 6. The molecule has 3 rings (SSSR count). The molecule has 5 heteroatoms. The van der Waals surface area contributed by atoms with Gasteiger partial charge in [0.25, 0.3) is 5.56 Å². The molecule has 0 aliphatic rings. The van der Waals surface area contributed by atoms with Crippen LogP contribution >= 0.6 is 0 Å². The van der Waals surface area contributed by atoms with Gasteiger partial charge >= 0.3 is 0 Å². The van der Waals surface area contributed by atoms with Crippen molar-refractivity contribution in [1.29, 1.82) is 0 Å². The second-order valence-electron chi connectivity index (χ2n) is 7.12. The number of benzene rings is 2. The Morgan fingerprint density at radius 3 is 2.39 bits per heavy atom. The number of likely N-dealkylation sites (N-methyl/N-ethyl adjacent to an activating group) is 1. The molecule has 0 aliphatic carbocycles. The lowest BCUT2D eigenvalue weighted by atomic mass is 10.1. The summed E-state index contributed by atoms with van der Waals surface area (Å²) in [6.07, 6.45) is 0.759. The number of aromatic nitrogens is 2. The van der Waals surface area contributed by atoms with E-state index in [2.05, 4.69) is 5.10 Å². The summed E-state index contributed by atoms with van der Waals surface area (Å²) >= 11 is 0. The third-order valence-corrected chi connectivity index (χ3v) is 4.93. The number of hydrogen-bond donors (Lipinski definition) is 0. The summed E-state index contributed by atoms with van der Waals surface area (Å²) in [5.74, 6) is -0.140. The molecule has 0 bridgehead atoms. The maximum absolute atomic E-state index is 12.7. The van der Waals surface area contributed by atoms with E-state index in [1.807, 2.05) is 68.4 Å². The van der Waals surface area contributed by atoms with Gasteiger partial charge in [-0.3, -0.25) is 9.59 Å². The van der Waals surface area contributed by atoms with Crippen LogP contribution in [0.4, 0.5) is 0 Å². The van der Waals surface area contributed by atoms with Crippen LogP contribution in [0.1, 0.15) is 18.1 Å². The second-order valence-corrected chi connectivity index (χ2v) is 7.12. The van der Waals surface area contributed by atoms with Crippen LogP contribution in [0, 0.1) is 6.92 Å². The minimum Gasteiger partial charge on any atom is -0.341 e. The van der Waals surface area contributed by atoms with Gasteiger partial charge in [-0.1, -0.05) is 60.2 Å². The summed E-state index contributed by atoms with van der Waals surface area (Å²) in [5.41, 5.74) is 3.63. The lowest BCUT2D eigenvalue weighted by Gasteiger charge is -2.25. The topological polar surface area (TPSA) is 55.2 Å². The van der Waals surface area contributed by atoms with E-state index in [0.717, 1.165) is 17.5 Å². The minimum absolute atomic E-state index is 0.0193. The van der Waals surface area contributed by atoms with Crippen LogP contribution < -0.4 is 5.56 Å². The first-order valence-corrected chi connectivity index (χ1v) is 9.39. The van der Waals surface area contributed by atoms with Crippen molar-refractivity contribution < 1.29 is 4.79 Å². The van der Waals surface area contributed by atoms with Crippen molar-refractivity contribution in [2.75, 3.05) is 7.05 Å². The first-order valence-electron chi connectivity index (χ1n) is 9.39. The molecule has 1 amide bonds. The predicted molar refractivity (Wildman–Crippen MR) is 111 cm³/mol. The van der Waals surface area contributed by atoms with Crippen molar-refractivity contribution >= 4 is 5.91 Å². The molecule has 0 saturated carbocycles. The maximum atomic E-state index is 12.7. The van der Waals surface area contributed by atoms with E-state index in [4.69, 9.17) is 0 Å². The van der Waals surface area contributed by atoms with Crippen LogP contribution in [0.15, 0.2) is 71.5 Å². The fourth-order valence-corrected chi connectivity index (χ4v) is 3.02. The van der Waals surface area contributed by atoms with E-state index < -0.39 is 0 Å². The summed E-state index contributed by atoms with van der Waals surface area (Å²) in [6.45, 7) is 3.95. The zero-order valence-corrected chi connectivity index (χ0v) is 16.5. The Labute approximate surface area is 165 Å². The highest BCUT2D eigenvalue weighted by Gasteiger charge is 2.17. The zero-order valence-electron chi connectivity index (χ0n) is 16.5. The zero-order chi connectivity index (χ0) is 20.1. The van der Waals surface area contributed by atoms with E-state index >= 15 is 0 Å². The summed E-state index contributed by atoms with van der Waals surface area (Å²) in [6, 6.07) is 21.1. The van der Waals surface area contributed by atoms with Crippen molar-refractivity contribution in [2.45, 2.75) is 32.9 Å². The number of hydrogen-bond acceptors (Lipinski definition) is 3. The molecule has 1 aromatic heterocycles. The first kappa shape index (κ1) is 19.5. The van der Waals surface area contributed by atoms with Gasteiger partial charge in [0.2, 0.25) is 5.91 Å². The van der Waals surface area contributed by atoms with E-state index in [1.165, 1.54) is 16.3 Å². The van der Waals surface area contributed by atoms with Crippen molar-refractivity contribution in [3.8, 4) is 11.3 Å². The molecule has 0 N–H and O–H groups in total. The Morgan fingerprint density at radius 1 is 1.04 bits per heavy atom. The summed E-state index contributed by atoms with van der Waals surface area (Å²) < 4.78 is 1.24. The first-order chi connectivity index (χ1) is 13.4. The van der Waals surface area contributed by atoms with Gasteiger partial charge in [-0.2, -0.15) is 5.10 Å². The van der Waals surface area contributed by atoms with Gasteiger partial charge in [0.05, 0.1) is 5.69 Å². The third kappa shape index (κ3) is 4.74. The van der Waals surface area contributed by atoms with Gasteiger partial charge in [-0.25, -0.2) is 4.68 Å². The van der Waals surface area contributed by atoms with E-state index in [-0.39, 0.29) is 24.1 Å². The van der Waals surface area contributed by atoms with Gasteiger partial charge in [0, 0.05) is 24.7 Å². The van der Waals surface area contributed by atoms with Crippen LogP contribution in [0.3, 0.4) is 0 Å². The third-order valence-electron chi connectivity index (χ3n) is 4.93. The number of aryl methyl sites for hydroxylation is 1. The highest BCUT2D eigenvalue weighted by Crippen LogP contribution is 2.16. The minimum atomic E-state index is -0.284. The van der Waals surface area contributed by atoms with Crippen molar-refractivity contribution in [3.05, 3.63) is 88.2 Å². The lowest BCUT2D eigenvalue weighted by Crippen LogP contribution is -2.40. The molecule has 28 heavy (non-hydrogen) atoms. The molecule has 5 nitrogen and oxygen atoms in total. The molecule has 0 spiro atoms. The predicted octanol–water partition coefficient (Wildman–Crippen LogP) is 3.31. The standard InChI is InChI=1S/C23H25N3O2/c1-17-9-11-20(12-10-17)21-13-14-22(27)26(24-21)16-23(28)25(3)18(2)15-19-7-5-4-6-8-19/h4-14,18H,15-16H2,1-3H3. The molecule has 2 aromatic carbocycles. The van der Waals surface area contributed by atoms with Crippen LogP contribution in [0.2, 0.25) is 0 Å². The largest absolute Gasteiger partial charge is 0.341 e. The summed E-state index contributed by atoms with van der Waals surface area (Å²) in [4.78, 5) is 26.6. The van der Waals surface area contributed by atoms with Gasteiger partial charge in [-0.05, 0) is 31.9 Å². The quantitative estimate of drug-likeness (QED) is 0.664. The lowest BCUT2D eigenvalue weighted by molar-refractivity contribution is -0.132. The monoisotopic (exact) mass is 375 g/mol. The van der Waals surface area contributed by atoms with E-state index in [0.29, 0.717) is 5.69 Å². The fraction of sp³-hybridized carbons (Fsp3) is 0.261. The van der Waals surface area contributed by atoms with Crippen molar-refractivity contribution in [1.82, 2.24) is 14.7 Å². The maximum Gasteiger partial charge on any atom is 0.267 e. The van der Waals surface area contributed by atoms with Gasteiger partial charge in [-0.15, -0.1) is 0 Å². The molecule has 1 atom stereocenters. The smallest absolute Gasteiger partial charge is 0.267 e. The number of carbonyl (C=O) groups excluding carboxylic acids is 1. The van der Waals surface area contributed by atoms with Crippen molar-refractivity contribution in [3.63, 3.8) is 0 Å². The molecule has 144 valence electrons. The van der Waals surface area contributed by atoms with Crippen molar-refractivity contribution in [2.24, 2.45) is 0 Å². The van der Waals surface area contributed by atoms with Gasteiger partial charge in [0.1, 0.15) is 6.54 Å². The molecule has 0 radical (unpaired) electrons. The molecule has 1 heterocycles. The van der Waals surface area contributed by atoms with Gasteiger partial charge in [0.15, 0.2) is 0 Å². The molecule has 0 saturated heterocycles. The van der Waals surface area contributed by atoms with E-state index in [9.17, 15) is 9.59 Å². The highest BCUT2D eigenvalue weighted by molar-refractivity contribution is 5.76. The molecule has 0 aliphatic heterocycles. The van der Waals surface area contributed by atoms with Crippen LogP contribution in [-0.4, -0.2) is 33.7 Å². The molecule has 3 aromatic rings. The Kier molecular flexibility index (Phi) is 6.04. The number of carbonyl (C=O) groups is 1. The number of nitrogens with zero attached hydrogens (tertiary/aromatic N) is 3. The Balaban J connectivity index is 1.73. The second kappa shape index (κ2) is 8.65.